The van der Waals surface area contributed by atoms with Crippen LogP contribution >= 0.6 is 43.5 Å². The summed E-state index contributed by atoms with van der Waals surface area (Å²) in [6.07, 6.45) is 2.97. The molecule has 0 unspecified atom stereocenters. The Morgan fingerprint density at radius 3 is 1.65 bits per heavy atom. The van der Waals surface area contributed by atoms with Crippen molar-refractivity contribution in [1.29, 1.82) is 5.26 Å². The largest absolute Gasteiger partial charge is 0.371 e. The molecule has 13 nitrogen and oxygen atoms in total. The van der Waals surface area contributed by atoms with Gasteiger partial charge in [-0.15, -0.1) is 0 Å². The summed E-state index contributed by atoms with van der Waals surface area (Å²) in [5.74, 6) is 0. The third-order valence-corrected chi connectivity index (χ3v) is 8.74. The van der Waals surface area contributed by atoms with E-state index in [1.807, 2.05) is 42.5 Å². The van der Waals surface area contributed by atoms with Gasteiger partial charge in [0, 0.05) is 35.1 Å². The number of urea groups is 2. The van der Waals surface area contributed by atoms with E-state index in [1.165, 1.54) is 12.4 Å². The fourth-order valence-electron chi connectivity index (χ4n) is 4.78. The van der Waals surface area contributed by atoms with Crippen LogP contribution in [0.25, 0.3) is 0 Å². The second-order valence-electron chi connectivity index (χ2n) is 10.7. The van der Waals surface area contributed by atoms with Crippen molar-refractivity contribution < 1.29 is 19.1 Å². The monoisotopic (exact) mass is 811 g/mol. The summed E-state index contributed by atoms with van der Waals surface area (Å²) in [6, 6.07) is 19.1. The highest BCUT2D eigenvalue weighted by Crippen LogP contribution is 2.30. The molecule has 0 spiro atoms. The van der Waals surface area contributed by atoms with Crippen LogP contribution in [0.15, 0.2) is 82.0 Å². The molecule has 49 heavy (non-hydrogen) atoms. The Morgan fingerprint density at radius 2 is 1.27 bits per heavy atom. The molecule has 2 aliphatic heterocycles. The highest BCUT2D eigenvalue weighted by atomic mass is 79.9. The van der Waals surface area contributed by atoms with Gasteiger partial charge in [-0.1, -0.05) is 23.7 Å². The molecular weight excluding hydrogens is 782 g/mol. The molecule has 6 rings (SSSR count). The normalized spacial score (nSPS) is 17.0. The van der Waals surface area contributed by atoms with E-state index in [2.05, 4.69) is 73.7 Å². The van der Waals surface area contributed by atoms with Crippen LogP contribution in [0.3, 0.4) is 0 Å². The highest BCUT2D eigenvalue weighted by molar-refractivity contribution is 9.11. The molecule has 2 fully saturated rings. The lowest BCUT2D eigenvalue weighted by atomic mass is 10.1. The number of anilines is 4. The summed E-state index contributed by atoms with van der Waals surface area (Å²) in [6.45, 7) is 4.66. The van der Waals surface area contributed by atoms with Crippen LogP contribution in [0.1, 0.15) is 29.0 Å². The van der Waals surface area contributed by atoms with Gasteiger partial charge in [-0.2, -0.15) is 5.26 Å². The molecule has 16 heteroatoms. The number of carbonyl (C=O) groups excluding carboxylic acids is 2. The van der Waals surface area contributed by atoms with Crippen LogP contribution in [0.4, 0.5) is 32.3 Å². The van der Waals surface area contributed by atoms with Gasteiger partial charge in [0.25, 0.3) is 0 Å². The fraction of sp³-hybridized carbons (Fsp3) is 0.242. The lowest BCUT2D eigenvalue weighted by molar-refractivity contribution is 0.0276. The molecule has 0 radical (unpaired) electrons. The van der Waals surface area contributed by atoms with Crippen molar-refractivity contribution in [3.05, 3.63) is 104 Å². The number of ether oxygens (including phenoxy) is 2. The maximum atomic E-state index is 12.1. The number of rotatable bonds is 6. The molecule has 4 amide bonds. The van der Waals surface area contributed by atoms with Gasteiger partial charge in [-0.05, 0) is 91.5 Å². The van der Waals surface area contributed by atoms with Gasteiger partial charge in [-0.3, -0.25) is 0 Å². The molecule has 254 valence electrons. The van der Waals surface area contributed by atoms with Crippen molar-refractivity contribution in [2.45, 2.75) is 12.2 Å². The van der Waals surface area contributed by atoms with Crippen LogP contribution in [0.5, 0.6) is 0 Å². The number of nitrogens with one attached hydrogen (secondary N) is 6. The quantitative estimate of drug-likeness (QED) is 0.114. The Kier molecular flexibility index (Phi) is 13.3. The number of hydrogen-bond donors (Lipinski definition) is 6. The van der Waals surface area contributed by atoms with Crippen molar-refractivity contribution in [2.24, 2.45) is 0 Å². The zero-order valence-corrected chi connectivity index (χ0v) is 29.9. The van der Waals surface area contributed by atoms with Gasteiger partial charge < -0.3 is 41.4 Å². The number of aromatic nitrogens is 2. The Balaban J connectivity index is 0.000000191. The minimum atomic E-state index is -0.393. The molecule has 2 aromatic carbocycles. The SMILES string of the molecule is N#Cc1ccc(NC(=O)Nc2ccc([C@H]3CNCCO3)cc2Br)cn1.O=C(Nc1ccc(Cl)nc1)Nc1ccc([C@@H]2CNCCO2)cc1Br. The van der Waals surface area contributed by atoms with Gasteiger partial charge >= 0.3 is 12.1 Å². The first-order valence-corrected chi connectivity index (χ1v) is 17.1. The van der Waals surface area contributed by atoms with Crippen LogP contribution in [0.2, 0.25) is 5.15 Å². The minimum Gasteiger partial charge on any atom is -0.371 e. The van der Waals surface area contributed by atoms with Gasteiger partial charge in [-0.25, -0.2) is 19.6 Å². The Bertz CT molecular complexity index is 1780. The molecule has 4 aromatic rings. The zero-order chi connectivity index (χ0) is 34.6. The number of morpholine rings is 2. The highest BCUT2D eigenvalue weighted by Gasteiger charge is 2.18. The molecule has 0 aliphatic carbocycles. The lowest BCUT2D eigenvalue weighted by Gasteiger charge is -2.24. The molecule has 2 saturated heterocycles. The van der Waals surface area contributed by atoms with Crippen LogP contribution in [0, 0.1) is 11.3 Å². The number of benzene rings is 2. The van der Waals surface area contributed by atoms with Crippen molar-refractivity contribution in [3.8, 4) is 6.07 Å². The summed E-state index contributed by atoms with van der Waals surface area (Å²) >= 11 is 12.7. The molecule has 6 N–H and O–H groups in total. The van der Waals surface area contributed by atoms with Crippen LogP contribution in [-0.4, -0.2) is 61.4 Å². The maximum absolute atomic E-state index is 12.1. The molecule has 2 atom stereocenters. The third kappa shape index (κ3) is 10.9. The fourth-order valence-corrected chi connectivity index (χ4v) is 5.88. The molecule has 2 aromatic heterocycles. The van der Waals surface area contributed by atoms with Gasteiger partial charge in [0.2, 0.25) is 0 Å². The van der Waals surface area contributed by atoms with Crippen molar-refractivity contribution in [1.82, 2.24) is 20.6 Å². The Hall–Kier alpha value is -4.14. The number of amides is 4. The number of pyridine rings is 2. The first-order valence-electron chi connectivity index (χ1n) is 15.1. The zero-order valence-electron chi connectivity index (χ0n) is 25.9. The smallest absolute Gasteiger partial charge is 0.323 e. The third-order valence-electron chi connectivity index (χ3n) is 7.20. The topological polar surface area (TPSA) is 174 Å². The van der Waals surface area contributed by atoms with Gasteiger partial charge in [0.1, 0.15) is 16.9 Å². The van der Waals surface area contributed by atoms with Gasteiger partial charge in [0.15, 0.2) is 0 Å². The first kappa shape index (κ1) is 36.1. The molecule has 2 aliphatic rings. The Morgan fingerprint density at radius 1 is 0.755 bits per heavy atom. The summed E-state index contributed by atoms with van der Waals surface area (Å²) in [5.41, 5.74) is 4.78. The number of carbonyl (C=O) groups is 2. The lowest BCUT2D eigenvalue weighted by Crippen LogP contribution is -2.33. The number of hydrogen-bond acceptors (Lipinski definition) is 9. The van der Waals surface area contributed by atoms with Crippen molar-refractivity contribution >= 4 is 78.3 Å². The Labute approximate surface area is 304 Å². The van der Waals surface area contributed by atoms with E-state index in [1.54, 1.807) is 24.3 Å². The van der Waals surface area contributed by atoms with Crippen LogP contribution < -0.4 is 31.9 Å². The summed E-state index contributed by atoms with van der Waals surface area (Å²) in [4.78, 5) is 32.0. The number of halogens is 3. The molecule has 0 saturated carbocycles. The number of nitriles is 1. The standard InChI is InChI=1S/C17H16BrN5O2.C16H16BrClN4O2/c18-14-7-11(16-10-20-5-6-25-16)1-4-15(14)23-17(24)22-13-3-2-12(8-19)21-9-13;17-12-7-10(14-9-19-5-6-24-14)1-3-13(12)22-16(23)21-11-2-4-15(18)20-8-11/h1-4,7,9,16,20H,5-6,10H2,(H2,22,23,24);1-4,7-8,14,19H,5-6,9H2,(H2,21,22,23)/t16-;14-/m10/s1. The van der Waals surface area contributed by atoms with E-state index in [0.717, 1.165) is 46.3 Å². The van der Waals surface area contributed by atoms with Gasteiger partial charge in [0.05, 0.1) is 60.6 Å². The van der Waals surface area contributed by atoms with E-state index in [-0.39, 0.29) is 18.2 Å². The predicted molar refractivity (Wildman–Crippen MR) is 195 cm³/mol. The van der Waals surface area contributed by atoms with E-state index >= 15 is 0 Å². The minimum absolute atomic E-state index is 0.0117. The molecular formula is C33H32Br2ClN9O4. The average Bonchev–Trinajstić information content (AvgIpc) is 3.12. The first-order chi connectivity index (χ1) is 23.8. The molecule has 4 heterocycles. The molecule has 0 bridgehead atoms. The summed E-state index contributed by atoms with van der Waals surface area (Å²) in [7, 11) is 0. The second kappa shape index (κ2) is 18.0. The maximum Gasteiger partial charge on any atom is 0.323 e. The van der Waals surface area contributed by atoms with E-state index in [4.69, 9.17) is 26.3 Å². The van der Waals surface area contributed by atoms with Crippen molar-refractivity contribution in [2.75, 3.05) is 60.7 Å². The number of nitrogens with zero attached hydrogens (tertiary/aromatic N) is 3. The summed E-state index contributed by atoms with van der Waals surface area (Å²) < 4.78 is 13.0. The van der Waals surface area contributed by atoms with E-state index < -0.39 is 6.03 Å². The van der Waals surface area contributed by atoms with Crippen LogP contribution in [-0.2, 0) is 9.47 Å². The summed E-state index contributed by atoms with van der Waals surface area (Å²) in [5, 5.41) is 26.6. The second-order valence-corrected chi connectivity index (χ2v) is 12.8. The van der Waals surface area contributed by atoms with E-state index in [9.17, 15) is 9.59 Å². The average molecular weight is 814 g/mol. The van der Waals surface area contributed by atoms with E-state index in [0.29, 0.717) is 46.8 Å². The van der Waals surface area contributed by atoms with Crippen molar-refractivity contribution in [3.63, 3.8) is 0 Å². The predicted octanol–water partition coefficient (Wildman–Crippen LogP) is 6.82.